The monoisotopic (exact) mass is 716 g/mol. The molecule has 0 saturated carbocycles. The Bertz CT molecular complexity index is 1310. The highest BCUT2D eigenvalue weighted by atomic mass is 32.1. The topological polar surface area (TPSA) is 161 Å². The van der Waals surface area contributed by atoms with Crippen molar-refractivity contribution < 1.29 is 38.2 Å². The molecule has 1 aliphatic heterocycles. The quantitative estimate of drug-likeness (QED) is 0.0295. The van der Waals surface area contributed by atoms with E-state index >= 15 is 0 Å². The third-order valence-corrected chi connectivity index (χ3v) is 7.62. The highest BCUT2D eigenvalue weighted by molar-refractivity contribution is 7.80. The second-order valence-electron chi connectivity index (χ2n) is 12.8. The van der Waals surface area contributed by atoms with E-state index in [1.54, 1.807) is 24.3 Å². The zero-order valence-electron chi connectivity index (χ0n) is 30.5. The number of nitrogens with one attached hydrogen (secondary N) is 4. The zero-order valence-corrected chi connectivity index (χ0v) is 31.3. The van der Waals surface area contributed by atoms with Crippen LogP contribution in [0, 0.1) is 11.3 Å². The molecule has 0 spiro atoms. The summed E-state index contributed by atoms with van der Waals surface area (Å²) in [5.41, 5.74) is 0.347. The highest BCUT2D eigenvalue weighted by Gasteiger charge is 2.32. The van der Waals surface area contributed by atoms with Crippen LogP contribution in [-0.2, 0) is 33.4 Å². The second-order valence-corrected chi connectivity index (χ2v) is 13.3. The van der Waals surface area contributed by atoms with Crippen LogP contribution in [0.25, 0.3) is 0 Å². The molecule has 0 radical (unpaired) electrons. The predicted molar refractivity (Wildman–Crippen MR) is 198 cm³/mol. The van der Waals surface area contributed by atoms with E-state index in [0.29, 0.717) is 50.9 Å². The van der Waals surface area contributed by atoms with Crippen LogP contribution >= 0.6 is 12.6 Å². The molecule has 50 heavy (non-hydrogen) atoms. The number of amides is 4. The molecule has 4 atom stereocenters. The maximum absolute atomic E-state index is 13.1. The zero-order chi connectivity index (χ0) is 37.5. The van der Waals surface area contributed by atoms with Gasteiger partial charge in [0, 0.05) is 50.8 Å². The first-order valence-corrected chi connectivity index (χ1v) is 17.5. The number of alkyl carbamates (subject to hydrolysis) is 1. The van der Waals surface area contributed by atoms with Gasteiger partial charge in [-0.1, -0.05) is 75.8 Å². The summed E-state index contributed by atoms with van der Waals surface area (Å²) in [6.45, 7) is 12.1. The smallest absolute Gasteiger partial charge is 0.407 e. The van der Waals surface area contributed by atoms with Gasteiger partial charge in [0.2, 0.25) is 17.7 Å². The van der Waals surface area contributed by atoms with Gasteiger partial charge in [-0.25, -0.2) is 9.59 Å². The molecule has 1 aliphatic rings. The van der Waals surface area contributed by atoms with Crippen molar-refractivity contribution in [1.82, 2.24) is 21.3 Å². The molecular weight excluding hydrogens is 660 g/mol. The first-order chi connectivity index (χ1) is 23.7. The molecule has 4 amide bonds. The summed E-state index contributed by atoms with van der Waals surface area (Å²) in [5.74, 6) is -0.697. The van der Waals surface area contributed by atoms with Crippen LogP contribution < -0.4 is 21.3 Å². The number of carbonyl (C=O) groups is 5. The summed E-state index contributed by atoms with van der Waals surface area (Å²) in [6.07, 6.45) is 18.2. The summed E-state index contributed by atoms with van der Waals surface area (Å²) in [5, 5.41) is 10.9. The lowest BCUT2D eigenvalue weighted by molar-refractivity contribution is -0.151. The minimum absolute atomic E-state index is 0.0255. The van der Waals surface area contributed by atoms with Gasteiger partial charge >= 0.3 is 12.1 Å². The summed E-state index contributed by atoms with van der Waals surface area (Å²) in [6, 6.07) is -0.829. The number of cyclic esters (lactones) is 1. The number of carbonyl (C=O) groups excluding carboxylic acids is 5. The molecule has 1 heterocycles. The molecule has 4 unspecified atom stereocenters. The van der Waals surface area contributed by atoms with Gasteiger partial charge in [-0.15, -0.1) is 0 Å². The summed E-state index contributed by atoms with van der Waals surface area (Å²) in [4.78, 5) is 61.5. The molecule has 0 aromatic carbocycles. The first-order valence-electron chi connectivity index (χ1n) is 16.9. The molecule has 12 nitrogen and oxygen atoms in total. The lowest BCUT2D eigenvalue weighted by Gasteiger charge is -2.29. The standard InChI is InChI=1S/C37H56N4O8S/c1-8-9-15-28(48-36(46)40-23-13-22-38-31(42)20-24-50)16-12-21-39-34(44)33(37(4,5)6)41-32(43)17-11-10-14-26(2)25-27(3)29-18-19-30(47-7)35(45)49-29/h8-12,14,17,19,21,25,27-29,33,50H,13,15-16,18,20,22-24H2,1-7H3,(H,38,42)(H,39,44)(H,40,46)(H,41,43). The summed E-state index contributed by atoms with van der Waals surface area (Å²) >= 11 is 4.02. The number of thiol groups is 1. The second kappa shape index (κ2) is 24.0. The number of ether oxygens (including phenoxy) is 3. The Labute approximate surface area is 302 Å². The van der Waals surface area contributed by atoms with Gasteiger partial charge in [0.1, 0.15) is 18.2 Å². The molecular formula is C37H56N4O8S. The van der Waals surface area contributed by atoms with Crippen molar-refractivity contribution in [2.24, 2.45) is 11.3 Å². The number of rotatable bonds is 20. The lowest BCUT2D eigenvalue weighted by Crippen LogP contribution is -2.52. The van der Waals surface area contributed by atoms with E-state index in [9.17, 15) is 24.0 Å². The molecule has 0 saturated heterocycles. The van der Waals surface area contributed by atoms with Gasteiger partial charge in [0.15, 0.2) is 5.76 Å². The number of hydrogen-bond acceptors (Lipinski definition) is 9. The van der Waals surface area contributed by atoms with Crippen molar-refractivity contribution in [2.45, 2.75) is 91.9 Å². The van der Waals surface area contributed by atoms with Gasteiger partial charge < -0.3 is 35.5 Å². The fraction of sp³-hybridized carbons (Fsp3) is 0.541. The minimum atomic E-state index is -0.829. The van der Waals surface area contributed by atoms with E-state index in [1.807, 2.05) is 65.8 Å². The van der Waals surface area contributed by atoms with Crippen molar-refractivity contribution in [1.29, 1.82) is 0 Å². The van der Waals surface area contributed by atoms with Gasteiger partial charge in [-0.3, -0.25) is 14.4 Å². The van der Waals surface area contributed by atoms with Crippen LogP contribution in [0.4, 0.5) is 4.79 Å². The van der Waals surface area contributed by atoms with E-state index in [-0.39, 0.29) is 29.6 Å². The highest BCUT2D eigenvalue weighted by Crippen LogP contribution is 2.23. The largest absolute Gasteiger partial charge is 0.490 e. The number of esters is 1. The molecule has 1 rings (SSSR count). The van der Waals surface area contributed by atoms with Gasteiger partial charge in [-0.2, -0.15) is 12.6 Å². The fourth-order valence-electron chi connectivity index (χ4n) is 4.65. The van der Waals surface area contributed by atoms with Crippen molar-refractivity contribution >= 4 is 42.4 Å². The summed E-state index contributed by atoms with van der Waals surface area (Å²) in [7, 11) is 1.43. The van der Waals surface area contributed by atoms with E-state index in [2.05, 4.69) is 33.9 Å². The Kier molecular flexibility index (Phi) is 21.0. The van der Waals surface area contributed by atoms with Crippen molar-refractivity contribution in [3.8, 4) is 0 Å². The van der Waals surface area contributed by atoms with Crippen LogP contribution in [0.2, 0.25) is 0 Å². The number of methoxy groups -OCH3 is 1. The number of allylic oxidation sites excluding steroid dienone is 5. The third kappa shape index (κ3) is 18.5. The van der Waals surface area contributed by atoms with Crippen molar-refractivity contribution in [2.75, 3.05) is 26.0 Å². The van der Waals surface area contributed by atoms with Crippen LogP contribution in [-0.4, -0.2) is 74.0 Å². The van der Waals surface area contributed by atoms with Crippen molar-refractivity contribution in [3.05, 3.63) is 72.2 Å². The van der Waals surface area contributed by atoms with Crippen LogP contribution in [0.1, 0.15) is 73.6 Å². The Hall–Kier alpha value is -4.26. The average molecular weight is 717 g/mol. The van der Waals surface area contributed by atoms with E-state index in [1.165, 1.54) is 19.4 Å². The van der Waals surface area contributed by atoms with Gasteiger partial charge in [-0.05, 0) is 43.7 Å². The maximum Gasteiger partial charge on any atom is 0.407 e. The van der Waals surface area contributed by atoms with E-state index < -0.39 is 35.5 Å². The van der Waals surface area contributed by atoms with Crippen LogP contribution in [0.15, 0.2) is 72.2 Å². The van der Waals surface area contributed by atoms with Crippen molar-refractivity contribution in [3.63, 3.8) is 0 Å². The lowest BCUT2D eigenvalue weighted by atomic mass is 9.86. The molecule has 0 aromatic rings. The molecule has 13 heteroatoms. The third-order valence-electron chi connectivity index (χ3n) is 7.39. The van der Waals surface area contributed by atoms with Crippen LogP contribution in [0.5, 0.6) is 0 Å². The molecule has 278 valence electrons. The Morgan fingerprint density at radius 3 is 2.40 bits per heavy atom. The van der Waals surface area contributed by atoms with E-state index in [4.69, 9.17) is 14.2 Å². The first kappa shape index (κ1) is 43.8. The van der Waals surface area contributed by atoms with Gasteiger partial charge in [0.05, 0.1) is 7.11 Å². The summed E-state index contributed by atoms with van der Waals surface area (Å²) < 4.78 is 16.0. The number of hydrogen-bond donors (Lipinski definition) is 5. The Morgan fingerprint density at radius 2 is 1.76 bits per heavy atom. The SMILES string of the molecule is CC=CCC(CC=CNC(=O)C(NC(=O)C=CC=CC(C)=CC(C)C1CC=C(OC)C(=O)O1)C(C)(C)C)OC(=O)NCCCNC(=O)CCS. The normalized spacial score (nSPS) is 17.3. The van der Waals surface area contributed by atoms with E-state index in [0.717, 1.165) is 5.57 Å². The Morgan fingerprint density at radius 1 is 1.08 bits per heavy atom. The fourth-order valence-corrected chi connectivity index (χ4v) is 4.85. The average Bonchev–Trinajstić information content (AvgIpc) is 3.05. The maximum atomic E-state index is 13.1. The molecule has 0 fully saturated rings. The minimum Gasteiger partial charge on any atom is -0.490 e. The molecule has 0 bridgehead atoms. The Balaban J connectivity index is 2.64. The predicted octanol–water partition coefficient (Wildman–Crippen LogP) is 4.97. The molecule has 0 aliphatic carbocycles. The molecule has 4 N–H and O–H groups in total. The molecule has 0 aromatic heterocycles. The van der Waals surface area contributed by atoms with Crippen LogP contribution in [0.3, 0.4) is 0 Å². The van der Waals surface area contributed by atoms with Gasteiger partial charge in [0.25, 0.3) is 0 Å².